The summed E-state index contributed by atoms with van der Waals surface area (Å²) in [5.41, 5.74) is 4.94. The van der Waals surface area contributed by atoms with E-state index in [1.807, 2.05) is 65.2 Å². The fourth-order valence-corrected chi connectivity index (χ4v) is 6.29. The molecule has 0 saturated carbocycles. The molecule has 0 radical (unpaired) electrons. The number of hydrogen-bond donors (Lipinski definition) is 4. The highest BCUT2D eigenvalue weighted by molar-refractivity contribution is 5.92. The van der Waals surface area contributed by atoms with Crippen LogP contribution in [0.25, 0.3) is 11.0 Å². The number of aromatic nitrogens is 2. The van der Waals surface area contributed by atoms with Gasteiger partial charge in [0, 0.05) is 49.8 Å². The maximum Gasteiger partial charge on any atom is 0.326 e. The van der Waals surface area contributed by atoms with Gasteiger partial charge in [-0.05, 0) is 48.2 Å². The van der Waals surface area contributed by atoms with Crippen molar-refractivity contribution in [3.05, 3.63) is 100.0 Å². The molecule has 2 aliphatic rings. The van der Waals surface area contributed by atoms with E-state index in [1.54, 1.807) is 12.1 Å². The van der Waals surface area contributed by atoms with Gasteiger partial charge in [0.05, 0.1) is 36.3 Å². The number of piperidine rings is 1. The molecule has 1 aromatic heterocycles. The molecule has 236 valence electrons. The Morgan fingerprint density at radius 1 is 0.911 bits per heavy atom. The number of amides is 1. The van der Waals surface area contributed by atoms with Gasteiger partial charge in [-0.2, -0.15) is 0 Å². The maximum absolute atomic E-state index is 12.7. The summed E-state index contributed by atoms with van der Waals surface area (Å²) >= 11 is 0. The van der Waals surface area contributed by atoms with Crippen molar-refractivity contribution in [3.8, 4) is 0 Å². The van der Waals surface area contributed by atoms with Crippen LogP contribution in [0.3, 0.4) is 0 Å². The van der Waals surface area contributed by atoms with Crippen molar-refractivity contribution in [2.24, 2.45) is 0 Å². The number of carbonyl (C=O) groups excluding carboxylic acids is 1. The molecule has 4 N–H and O–H groups in total. The number of benzene rings is 3. The van der Waals surface area contributed by atoms with Crippen molar-refractivity contribution >= 4 is 28.6 Å². The molecule has 45 heavy (non-hydrogen) atoms. The zero-order valence-corrected chi connectivity index (χ0v) is 24.9. The molecule has 0 bridgehead atoms. The van der Waals surface area contributed by atoms with E-state index in [-0.39, 0.29) is 49.3 Å². The predicted molar refractivity (Wildman–Crippen MR) is 168 cm³/mol. The molecule has 3 atom stereocenters. The van der Waals surface area contributed by atoms with Crippen molar-refractivity contribution in [1.82, 2.24) is 14.5 Å². The van der Waals surface area contributed by atoms with E-state index >= 15 is 0 Å². The number of fused-ring (bicyclic) bond motifs is 1. The number of aliphatic hydroxyl groups is 1. The van der Waals surface area contributed by atoms with E-state index in [0.717, 1.165) is 60.2 Å². The van der Waals surface area contributed by atoms with E-state index in [2.05, 4.69) is 15.2 Å². The van der Waals surface area contributed by atoms with Gasteiger partial charge in [-0.3, -0.25) is 14.2 Å². The lowest BCUT2D eigenvalue weighted by atomic mass is 9.98. The molecule has 0 aliphatic carbocycles. The Morgan fingerprint density at radius 3 is 2.33 bits per heavy atom. The molecule has 4 aromatic rings. The van der Waals surface area contributed by atoms with Crippen LogP contribution in [0.2, 0.25) is 0 Å². The maximum atomic E-state index is 12.7. The van der Waals surface area contributed by atoms with Crippen molar-refractivity contribution in [2.75, 3.05) is 25.0 Å². The second-order valence-corrected chi connectivity index (χ2v) is 11.8. The number of aliphatic carboxylic acids is 1. The van der Waals surface area contributed by atoms with Crippen LogP contribution in [0, 0.1) is 0 Å². The predicted octanol–water partition coefficient (Wildman–Crippen LogP) is 4.51. The molecule has 3 aromatic carbocycles. The van der Waals surface area contributed by atoms with Gasteiger partial charge in [0.15, 0.2) is 6.29 Å². The molecular weight excluding hydrogens is 576 g/mol. The first-order valence-corrected chi connectivity index (χ1v) is 15.4. The summed E-state index contributed by atoms with van der Waals surface area (Å²) in [6.45, 7) is 2.38. The van der Waals surface area contributed by atoms with Crippen LogP contribution in [-0.4, -0.2) is 62.3 Å². The van der Waals surface area contributed by atoms with E-state index in [4.69, 9.17) is 14.6 Å². The van der Waals surface area contributed by atoms with Gasteiger partial charge in [-0.15, -0.1) is 0 Å². The molecule has 0 spiro atoms. The molecule has 6 rings (SSSR count). The van der Waals surface area contributed by atoms with Crippen LogP contribution >= 0.6 is 0 Å². The molecule has 3 heterocycles. The quantitative estimate of drug-likeness (QED) is 0.204. The van der Waals surface area contributed by atoms with Crippen molar-refractivity contribution in [3.63, 3.8) is 0 Å². The van der Waals surface area contributed by atoms with Gasteiger partial charge in [0.2, 0.25) is 5.91 Å². The van der Waals surface area contributed by atoms with Crippen LogP contribution in [-0.2, 0) is 25.7 Å². The van der Waals surface area contributed by atoms with E-state index in [9.17, 15) is 19.5 Å². The summed E-state index contributed by atoms with van der Waals surface area (Å²) in [4.78, 5) is 41.0. The zero-order chi connectivity index (χ0) is 31.3. The number of nitrogens with zero attached hydrogens (tertiary/aromatic N) is 2. The topological polar surface area (TPSA) is 146 Å². The second-order valence-electron chi connectivity index (χ2n) is 11.8. The summed E-state index contributed by atoms with van der Waals surface area (Å²) in [7, 11) is 0. The average Bonchev–Trinajstić information content (AvgIpc) is 3.40. The molecule has 0 unspecified atom stereocenters. The number of carbonyl (C=O) groups is 2. The zero-order valence-electron chi connectivity index (χ0n) is 24.9. The largest absolute Gasteiger partial charge is 0.481 e. The van der Waals surface area contributed by atoms with Crippen LogP contribution in [0.15, 0.2) is 77.6 Å². The lowest BCUT2D eigenvalue weighted by Gasteiger charge is -2.40. The number of aliphatic hydroxyl groups excluding tert-OH is 1. The Bertz CT molecular complexity index is 1670. The van der Waals surface area contributed by atoms with Gasteiger partial charge in [-0.25, -0.2) is 4.79 Å². The number of rotatable bonds is 10. The number of carboxylic acid groups (broad SMARTS) is 1. The minimum absolute atomic E-state index is 0.0278. The van der Waals surface area contributed by atoms with Crippen LogP contribution in [0.4, 0.5) is 5.69 Å². The Balaban J connectivity index is 1.13. The fourth-order valence-electron chi connectivity index (χ4n) is 6.29. The molecule has 11 heteroatoms. The Morgan fingerprint density at radius 2 is 1.62 bits per heavy atom. The van der Waals surface area contributed by atoms with Crippen LogP contribution in [0.5, 0.6) is 0 Å². The smallest absolute Gasteiger partial charge is 0.326 e. The fraction of sp³-hybridized carbons (Fsp3) is 0.382. The normalized spacial score (nSPS) is 21.1. The monoisotopic (exact) mass is 614 g/mol. The summed E-state index contributed by atoms with van der Waals surface area (Å²) in [6, 6.07) is 22.9. The lowest BCUT2D eigenvalue weighted by Crippen LogP contribution is -2.43. The van der Waals surface area contributed by atoms with Gasteiger partial charge < -0.3 is 34.9 Å². The molecule has 11 nitrogen and oxygen atoms in total. The third kappa shape index (κ3) is 7.34. The summed E-state index contributed by atoms with van der Waals surface area (Å²) in [6.07, 6.45) is 1.09. The molecule has 1 amide bonds. The number of ether oxygens (including phenoxy) is 2. The lowest BCUT2D eigenvalue weighted by molar-refractivity contribution is -0.253. The molecule has 2 aliphatic heterocycles. The highest BCUT2D eigenvalue weighted by atomic mass is 16.7. The van der Waals surface area contributed by atoms with Gasteiger partial charge >= 0.3 is 11.7 Å². The number of nitrogens with one attached hydrogen (secondary N) is 2. The van der Waals surface area contributed by atoms with E-state index < -0.39 is 12.3 Å². The van der Waals surface area contributed by atoms with Gasteiger partial charge in [0.25, 0.3) is 0 Å². The Kier molecular flexibility index (Phi) is 9.41. The first-order chi connectivity index (χ1) is 21.9. The van der Waals surface area contributed by atoms with Crippen LogP contribution < -0.4 is 11.0 Å². The molecule has 2 fully saturated rings. The number of para-hydroxylation sites is 2. The second kappa shape index (κ2) is 13.8. The van der Waals surface area contributed by atoms with Crippen LogP contribution in [0.1, 0.15) is 67.2 Å². The van der Waals surface area contributed by atoms with Crippen molar-refractivity contribution in [1.29, 1.82) is 0 Å². The minimum Gasteiger partial charge on any atom is -0.481 e. The van der Waals surface area contributed by atoms with Crippen molar-refractivity contribution in [2.45, 2.75) is 63.3 Å². The number of anilines is 1. The third-order valence-corrected chi connectivity index (χ3v) is 8.66. The number of hydrogen-bond acceptors (Lipinski definition) is 7. The standard InChI is InChI=1S/C34H38N4O7/c39-21-22-5-7-23(8-6-22)30-19-27(44-33(45-30)24-9-11-25(12-10-24)35-31(40)13-14-32(41)42)20-37-17-15-26(16-18-37)38-29-4-2-1-3-28(29)36-34(38)43/h1-12,26-27,30,33,39H,13-21H2,(H,35,40)(H,36,43)(H,41,42)/t27-,30+,33+/m1/s1. The third-order valence-electron chi connectivity index (χ3n) is 8.66. The Hall–Kier alpha value is -4.29. The molecule has 2 saturated heterocycles. The number of imidazole rings is 1. The molecular formula is C34H38N4O7. The Labute approximate surface area is 260 Å². The van der Waals surface area contributed by atoms with Crippen molar-refractivity contribution < 1.29 is 29.3 Å². The van der Waals surface area contributed by atoms with Gasteiger partial charge in [0.1, 0.15) is 0 Å². The average molecular weight is 615 g/mol. The highest BCUT2D eigenvalue weighted by Crippen LogP contribution is 2.39. The number of carboxylic acids is 1. The van der Waals surface area contributed by atoms with E-state index in [1.165, 1.54) is 0 Å². The number of aromatic amines is 1. The minimum atomic E-state index is -1.02. The number of H-pyrrole nitrogens is 1. The number of likely N-dealkylation sites (tertiary alicyclic amines) is 1. The van der Waals surface area contributed by atoms with E-state index in [0.29, 0.717) is 12.1 Å². The first kappa shape index (κ1) is 30.7. The summed E-state index contributed by atoms with van der Waals surface area (Å²) < 4.78 is 14.9. The first-order valence-electron chi connectivity index (χ1n) is 15.4. The van der Waals surface area contributed by atoms with Gasteiger partial charge in [-0.1, -0.05) is 48.5 Å². The highest BCUT2D eigenvalue weighted by Gasteiger charge is 2.34. The summed E-state index contributed by atoms with van der Waals surface area (Å²) in [5.74, 6) is -1.38. The SMILES string of the molecule is O=C(O)CCC(=O)Nc1ccc([C@H]2O[C@@H](CN3CCC(n4c(=O)[nH]c5ccccc54)CC3)C[C@@H](c3ccc(CO)cc3)O2)cc1. The summed E-state index contributed by atoms with van der Waals surface area (Å²) in [5, 5.41) is 21.1.